The Kier molecular flexibility index (Phi) is 5.06. The normalized spacial score (nSPS) is 16.8. The average Bonchev–Trinajstić information content (AvgIpc) is 3.01. The van der Waals surface area contributed by atoms with Crippen LogP contribution in [0.3, 0.4) is 0 Å². The Labute approximate surface area is 163 Å². The number of carbonyl (C=O) groups is 1. The maximum Gasteiger partial charge on any atom is 0.534 e. The molecule has 7 nitrogen and oxygen atoms in total. The second-order valence-corrected chi connectivity index (χ2v) is 8.48. The molecule has 1 atom stereocenters. The van der Waals surface area contributed by atoms with E-state index in [9.17, 15) is 45.1 Å². The number of alkyl halides is 3. The van der Waals surface area contributed by atoms with Crippen LogP contribution in [0.4, 0.5) is 22.0 Å². The number of aromatic carboxylic acids is 1. The molecule has 1 aromatic heterocycles. The average molecular weight is 459 g/mol. The summed E-state index contributed by atoms with van der Waals surface area (Å²) in [6, 6.07) is -0.341. The van der Waals surface area contributed by atoms with E-state index in [1.165, 1.54) is 0 Å². The Morgan fingerprint density at radius 1 is 1.38 bits per heavy atom. The van der Waals surface area contributed by atoms with Gasteiger partial charge in [-0.15, -0.1) is 11.8 Å². The van der Waals surface area contributed by atoms with Gasteiger partial charge < -0.3 is 13.9 Å². The van der Waals surface area contributed by atoms with Crippen LogP contribution in [-0.2, 0) is 10.1 Å². The smallest absolute Gasteiger partial charge is 0.477 e. The van der Waals surface area contributed by atoms with Gasteiger partial charge in [0.1, 0.15) is 11.1 Å². The molecule has 0 saturated carbocycles. The minimum Gasteiger partial charge on any atom is -0.477 e. The number of hydrogen-bond acceptors (Lipinski definition) is 6. The van der Waals surface area contributed by atoms with E-state index in [-0.39, 0.29) is 17.2 Å². The monoisotopic (exact) mass is 459 g/mol. The molecule has 0 fully saturated rings. The highest BCUT2D eigenvalue weighted by atomic mass is 32.2. The fraction of sp³-hybridized carbons (Fsp3) is 0.333. The van der Waals surface area contributed by atoms with Crippen LogP contribution in [0.2, 0.25) is 0 Å². The zero-order chi connectivity index (χ0) is 21.9. The van der Waals surface area contributed by atoms with Gasteiger partial charge >= 0.3 is 21.6 Å². The van der Waals surface area contributed by atoms with Gasteiger partial charge in [0.25, 0.3) is 0 Å². The van der Waals surface area contributed by atoms with E-state index < -0.39 is 66.9 Å². The first-order chi connectivity index (χ1) is 13.3. The van der Waals surface area contributed by atoms with Gasteiger partial charge in [0, 0.05) is 11.8 Å². The van der Waals surface area contributed by atoms with Gasteiger partial charge in [-0.1, -0.05) is 6.92 Å². The SMILES string of the molecule is CCC1CSc2c(C(=O)O)c(=O)c3cc(F)c(F)c(OS(=O)(=O)C(F)(F)F)c3n21. The molecule has 3 rings (SSSR count). The molecule has 0 spiro atoms. The van der Waals surface area contributed by atoms with Gasteiger partial charge in [0.2, 0.25) is 17.0 Å². The number of carboxylic acid groups (broad SMARTS) is 1. The fourth-order valence-electron chi connectivity index (χ4n) is 2.92. The molecule has 14 heteroatoms. The lowest BCUT2D eigenvalue weighted by Crippen LogP contribution is -2.29. The van der Waals surface area contributed by atoms with Crippen LogP contribution in [0, 0.1) is 11.6 Å². The molecular formula is C15H10F5NO6S2. The van der Waals surface area contributed by atoms with E-state index in [0.29, 0.717) is 6.07 Å². The summed E-state index contributed by atoms with van der Waals surface area (Å²) in [5, 5.41) is 8.32. The Morgan fingerprint density at radius 3 is 2.52 bits per heavy atom. The summed E-state index contributed by atoms with van der Waals surface area (Å²) in [6.07, 6.45) is 0.265. The number of hydrogen-bond donors (Lipinski definition) is 1. The highest BCUT2D eigenvalue weighted by molar-refractivity contribution is 7.99. The number of aromatic nitrogens is 1. The number of thioether (sulfide) groups is 1. The van der Waals surface area contributed by atoms with Crippen LogP contribution in [0.15, 0.2) is 15.9 Å². The number of rotatable bonds is 4. The third-order valence-electron chi connectivity index (χ3n) is 4.23. The van der Waals surface area contributed by atoms with Gasteiger partial charge in [-0.25, -0.2) is 9.18 Å². The second-order valence-electron chi connectivity index (χ2n) is 5.94. The van der Waals surface area contributed by atoms with Crippen molar-refractivity contribution >= 4 is 38.8 Å². The molecule has 158 valence electrons. The summed E-state index contributed by atoms with van der Waals surface area (Å²) in [6.45, 7) is 1.62. The minimum absolute atomic E-state index is 0.166. The first-order valence-corrected chi connectivity index (χ1v) is 10.2. The highest BCUT2D eigenvalue weighted by Gasteiger charge is 2.49. The molecule has 0 bridgehead atoms. The van der Waals surface area contributed by atoms with E-state index in [0.717, 1.165) is 16.3 Å². The summed E-state index contributed by atoms with van der Waals surface area (Å²) in [4.78, 5) is 24.1. The first kappa shape index (κ1) is 21.4. The topological polar surface area (TPSA) is 103 Å². The predicted molar refractivity (Wildman–Crippen MR) is 90.7 cm³/mol. The van der Waals surface area contributed by atoms with Gasteiger partial charge in [0.15, 0.2) is 5.82 Å². The number of pyridine rings is 1. The van der Waals surface area contributed by atoms with Gasteiger partial charge in [0.05, 0.1) is 10.4 Å². The van der Waals surface area contributed by atoms with Crippen molar-refractivity contribution in [3.05, 3.63) is 33.5 Å². The van der Waals surface area contributed by atoms with Crippen molar-refractivity contribution in [2.45, 2.75) is 29.9 Å². The number of carboxylic acids is 1. The molecule has 0 aliphatic carbocycles. The van der Waals surface area contributed by atoms with E-state index >= 15 is 0 Å². The lowest BCUT2D eigenvalue weighted by Gasteiger charge is -2.20. The lowest BCUT2D eigenvalue weighted by molar-refractivity contribution is -0.0500. The zero-order valence-corrected chi connectivity index (χ0v) is 15.8. The first-order valence-electron chi connectivity index (χ1n) is 7.78. The molecule has 2 heterocycles. The van der Waals surface area contributed by atoms with Crippen molar-refractivity contribution in [1.29, 1.82) is 0 Å². The largest absolute Gasteiger partial charge is 0.534 e. The van der Waals surface area contributed by atoms with E-state index in [2.05, 4.69) is 4.18 Å². The Balaban J connectivity index is 2.53. The van der Waals surface area contributed by atoms with E-state index in [1.54, 1.807) is 6.92 Å². The van der Waals surface area contributed by atoms with E-state index in [4.69, 9.17) is 0 Å². The molecular weight excluding hydrogens is 449 g/mol. The number of nitrogens with zero attached hydrogens (tertiary/aromatic N) is 1. The van der Waals surface area contributed by atoms with Crippen LogP contribution < -0.4 is 9.61 Å². The van der Waals surface area contributed by atoms with Gasteiger partial charge in [-0.2, -0.15) is 26.0 Å². The summed E-state index contributed by atoms with van der Waals surface area (Å²) < 4.78 is 94.3. The van der Waals surface area contributed by atoms with Crippen LogP contribution in [-0.4, -0.2) is 35.3 Å². The number of benzene rings is 1. The Hall–Kier alpha value is -2.35. The Morgan fingerprint density at radius 2 is 2.00 bits per heavy atom. The van der Waals surface area contributed by atoms with Crippen LogP contribution >= 0.6 is 11.8 Å². The highest BCUT2D eigenvalue weighted by Crippen LogP contribution is 2.43. The molecule has 1 aliphatic rings. The summed E-state index contributed by atoms with van der Waals surface area (Å²) >= 11 is 0.866. The third kappa shape index (κ3) is 3.23. The van der Waals surface area contributed by atoms with Crippen molar-refractivity contribution in [1.82, 2.24) is 4.57 Å². The molecule has 1 aliphatic heterocycles. The molecule has 29 heavy (non-hydrogen) atoms. The maximum atomic E-state index is 14.4. The lowest BCUT2D eigenvalue weighted by atomic mass is 10.1. The summed E-state index contributed by atoms with van der Waals surface area (Å²) in [5.74, 6) is -7.11. The van der Waals surface area contributed by atoms with E-state index in [1.807, 2.05) is 0 Å². The molecule has 1 unspecified atom stereocenters. The molecule has 0 radical (unpaired) electrons. The number of halogens is 5. The van der Waals surface area contributed by atoms with Crippen LogP contribution in [0.25, 0.3) is 10.9 Å². The maximum absolute atomic E-state index is 14.4. The quantitative estimate of drug-likeness (QED) is 0.425. The van der Waals surface area contributed by atoms with Gasteiger partial charge in [-0.05, 0) is 12.5 Å². The van der Waals surface area contributed by atoms with Gasteiger partial charge in [-0.3, -0.25) is 4.79 Å². The predicted octanol–water partition coefficient (Wildman–Crippen LogP) is 3.26. The van der Waals surface area contributed by atoms with Crippen LogP contribution in [0.5, 0.6) is 5.75 Å². The van der Waals surface area contributed by atoms with Crippen molar-refractivity contribution in [3.63, 3.8) is 0 Å². The summed E-state index contributed by atoms with van der Waals surface area (Å²) in [5.41, 5.74) is -8.81. The fourth-order valence-corrected chi connectivity index (χ4v) is 4.83. The third-order valence-corrected chi connectivity index (χ3v) is 6.41. The standard InChI is InChI=1S/C15H10F5NO6S2/c1-2-5-4-28-13-8(14(23)24)11(22)6-3-7(16)9(17)12(10(6)21(5)13)27-29(25,26)15(18,19)20/h3,5H,2,4H2,1H3,(H,23,24). The summed E-state index contributed by atoms with van der Waals surface area (Å²) in [7, 11) is -6.41. The molecule has 1 aromatic carbocycles. The zero-order valence-electron chi connectivity index (χ0n) is 14.2. The molecule has 0 amide bonds. The van der Waals surface area contributed by atoms with Crippen molar-refractivity contribution in [2.75, 3.05) is 5.75 Å². The molecule has 2 aromatic rings. The molecule has 0 saturated heterocycles. The van der Waals surface area contributed by atoms with Crippen molar-refractivity contribution in [2.24, 2.45) is 0 Å². The number of fused-ring (bicyclic) bond motifs is 3. The minimum atomic E-state index is -6.41. The second kappa shape index (κ2) is 6.86. The van der Waals surface area contributed by atoms with Crippen molar-refractivity contribution in [3.8, 4) is 5.75 Å². The molecule has 1 N–H and O–H groups in total. The Bertz CT molecular complexity index is 1200. The van der Waals surface area contributed by atoms with Crippen molar-refractivity contribution < 1.29 is 44.5 Å². The van der Waals surface area contributed by atoms with Crippen LogP contribution in [0.1, 0.15) is 29.7 Å².